The van der Waals surface area contributed by atoms with Crippen molar-refractivity contribution in [2.45, 2.75) is 33.2 Å². The van der Waals surface area contributed by atoms with Crippen LogP contribution in [0.3, 0.4) is 0 Å². The molecule has 0 spiro atoms. The number of likely N-dealkylation sites (N-methyl/N-ethyl adjacent to an activating group) is 1. The Bertz CT molecular complexity index is 1190. The van der Waals surface area contributed by atoms with Gasteiger partial charge in [0.2, 0.25) is 0 Å². The highest BCUT2D eigenvalue weighted by Gasteiger charge is 2.25. The van der Waals surface area contributed by atoms with Crippen molar-refractivity contribution in [3.63, 3.8) is 0 Å². The molecule has 9 nitrogen and oxygen atoms in total. The van der Waals surface area contributed by atoms with Crippen molar-refractivity contribution in [3.05, 3.63) is 53.1 Å². The van der Waals surface area contributed by atoms with Gasteiger partial charge in [0.25, 0.3) is 11.8 Å². The highest BCUT2D eigenvalue weighted by atomic mass is 16.2. The molecule has 32 heavy (non-hydrogen) atoms. The average Bonchev–Trinajstić information content (AvgIpc) is 3.18. The normalized spacial score (nSPS) is 17.0. The number of nitrogens with zero attached hydrogens (tertiary/aromatic N) is 5. The molecule has 3 heterocycles. The summed E-state index contributed by atoms with van der Waals surface area (Å²) in [5.41, 5.74) is 9.85. The molecule has 0 radical (unpaired) electrons. The molecule has 3 N–H and O–H groups in total. The standard InChI is InChI=1S/C23H29N7O2/c1-5-16-13-28(4)8-9-29(16)17-6-7-19(18(10-17)22(24)31)26-23(32)20-11-21-15(3)25-14(2)12-30(21)27-20/h6-7,10-12,16H,5,8-9,13H2,1-4H3,(H2,24,31)(H,26,32)/t16-/m1/s1. The minimum atomic E-state index is -0.588. The zero-order valence-corrected chi connectivity index (χ0v) is 18.9. The van der Waals surface area contributed by atoms with Crippen LogP contribution in [0.15, 0.2) is 30.5 Å². The summed E-state index contributed by atoms with van der Waals surface area (Å²) in [4.78, 5) is 34.1. The molecule has 0 bridgehead atoms. The van der Waals surface area contributed by atoms with E-state index < -0.39 is 11.8 Å². The van der Waals surface area contributed by atoms with Crippen LogP contribution in [0, 0.1) is 13.8 Å². The number of aryl methyl sites for hydroxylation is 2. The minimum Gasteiger partial charge on any atom is -0.366 e. The number of piperazine rings is 1. The number of hydrogen-bond donors (Lipinski definition) is 2. The predicted molar refractivity (Wildman–Crippen MR) is 124 cm³/mol. The lowest BCUT2D eigenvalue weighted by Gasteiger charge is -2.41. The number of fused-ring (bicyclic) bond motifs is 1. The van der Waals surface area contributed by atoms with Crippen molar-refractivity contribution in [2.75, 3.05) is 36.9 Å². The Morgan fingerprint density at radius 1 is 1.22 bits per heavy atom. The highest BCUT2D eigenvalue weighted by Crippen LogP contribution is 2.27. The second-order valence-corrected chi connectivity index (χ2v) is 8.39. The number of anilines is 2. The summed E-state index contributed by atoms with van der Waals surface area (Å²) in [6.07, 6.45) is 2.76. The Kier molecular flexibility index (Phi) is 5.84. The number of carbonyl (C=O) groups is 2. The average molecular weight is 436 g/mol. The quantitative estimate of drug-likeness (QED) is 0.636. The fourth-order valence-corrected chi connectivity index (χ4v) is 4.31. The third kappa shape index (κ3) is 4.16. The summed E-state index contributed by atoms with van der Waals surface area (Å²) in [5.74, 6) is -0.998. The lowest BCUT2D eigenvalue weighted by Crippen LogP contribution is -2.51. The van der Waals surface area contributed by atoms with Gasteiger partial charge in [0.1, 0.15) is 0 Å². The SMILES string of the molecule is CC[C@@H]1CN(C)CCN1c1ccc(NC(=O)c2cc3c(C)nc(C)cn3n2)c(C(N)=O)c1. The maximum atomic E-state index is 12.9. The third-order valence-electron chi connectivity index (χ3n) is 6.00. The number of benzene rings is 1. The van der Waals surface area contributed by atoms with Gasteiger partial charge in [-0.2, -0.15) is 5.10 Å². The van der Waals surface area contributed by atoms with Crippen LogP contribution >= 0.6 is 0 Å². The Morgan fingerprint density at radius 3 is 2.72 bits per heavy atom. The van der Waals surface area contributed by atoms with Crippen LogP contribution in [0.5, 0.6) is 0 Å². The zero-order chi connectivity index (χ0) is 23.0. The van der Waals surface area contributed by atoms with Gasteiger partial charge in [-0.05, 0) is 51.6 Å². The first-order chi connectivity index (χ1) is 15.3. The Hall–Kier alpha value is -3.46. The lowest BCUT2D eigenvalue weighted by molar-refractivity contribution is 0.100. The van der Waals surface area contributed by atoms with Crippen molar-refractivity contribution in [1.82, 2.24) is 19.5 Å². The molecule has 2 aromatic heterocycles. The molecule has 1 aromatic carbocycles. The van der Waals surface area contributed by atoms with Crippen LogP contribution in [0.25, 0.3) is 5.52 Å². The van der Waals surface area contributed by atoms with Gasteiger partial charge in [-0.3, -0.25) is 14.6 Å². The number of carbonyl (C=O) groups excluding carboxylic acids is 2. The molecule has 0 saturated carbocycles. The summed E-state index contributed by atoms with van der Waals surface area (Å²) in [6, 6.07) is 7.48. The van der Waals surface area contributed by atoms with E-state index in [1.807, 2.05) is 19.9 Å². The maximum absolute atomic E-state index is 12.9. The summed E-state index contributed by atoms with van der Waals surface area (Å²) < 4.78 is 1.64. The van der Waals surface area contributed by atoms with E-state index in [1.54, 1.807) is 28.9 Å². The van der Waals surface area contributed by atoms with Crippen molar-refractivity contribution < 1.29 is 9.59 Å². The van der Waals surface area contributed by atoms with Crippen molar-refractivity contribution >= 4 is 28.7 Å². The molecule has 0 aliphatic carbocycles. The first kappa shape index (κ1) is 21.8. The number of primary amides is 1. The first-order valence-electron chi connectivity index (χ1n) is 10.8. The molecule has 0 unspecified atom stereocenters. The van der Waals surface area contributed by atoms with E-state index in [-0.39, 0.29) is 11.3 Å². The van der Waals surface area contributed by atoms with Gasteiger partial charge in [0, 0.05) is 31.4 Å². The van der Waals surface area contributed by atoms with E-state index in [1.165, 1.54) is 0 Å². The van der Waals surface area contributed by atoms with Crippen molar-refractivity contribution in [2.24, 2.45) is 5.73 Å². The number of amides is 2. The smallest absolute Gasteiger partial charge is 0.276 e. The number of nitrogens with one attached hydrogen (secondary N) is 1. The molecular weight excluding hydrogens is 406 g/mol. The fraction of sp³-hybridized carbons (Fsp3) is 0.391. The van der Waals surface area contributed by atoms with Gasteiger partial charge in [0.05, 0.1) is 34.4 Å². The highest BCUT2D eigenvalue weighted by molar-refractivity contribution is 6.08. The summed E-state index contributed by atoms with van der Waals surface area (Å²) in [6.45, 7) is 8.68. The molecule has 1 saturated heterocycles. The summed E-state index contributed by atoms with van der Waals surface area (Å²) >= 11 is 0. The van der Waals surface area contributed by atoms with Crippen LogP contribution in [0.4, 0.5) is 11.4 Å². The molecule has 3 aromatic rings. The first-order valence-corrected chi connectivity index (χ1v) is 10.8. The zero-order valence-electron chi connectivity index (χ0n) is 18.9. The Morgan fingerprint density at radius 2 is 2.00 bits per heavy atom. The van der Waals surface area contributed by atoms with Crippen molar-refractivity contribution in [1.29, 1.82) is 0 Å². The topological polar surface area (TPSA) is 109 Å². The van der Waals surface area contributed by atoms with Gasteiger partial charge < -0.3 is 20.9 Å². The predicted octanol–water partition coefficient (Wildman–Crippen LogP) is 2.23. The Balaban J connectivity index is 1.62. The monoisotopic (exact) mass is 435 g/mol. The van der Waals surface area contributed by atoms with Crippen LogP contribution in [-0.2, 0) is 0 Å². The van der Waals surface area contributed by atoms with Gasteiger partial charge >= 0.3 is 0 Å². The number of hydrogen-bond acceptors (Lipinski definition) is 6. The molecule has 9 heteroatoms. The van der Waals surface area contributed by atoms with E-state index in [9.17, 15) is 9.59 Å². The van der Waals surface area contributed by atoms with E-state index in [4.69, 9.17) is 5.73 Å². The Labute approximate surface area is 187 Å². The van der Waals surface area contributed by atoms with E-state index >= 15 is 0 Å². The molecule has 4 rings (SSSR count). The molecule has 2 amide bonds. The van der Waals surface area contributed by atoms with Gasteiger partial charge in [-0.1, -0.05) is 6.92 Å². The molecular formula is C23H29N7O2. The van der Waals surface area contributed by atoms with E-state index in [0.29, 0.717) is 11.7 Å². The lowest BCUT2D eigenvalue weighted by atomic mass is 10.1. The molecule has 1 aliphatic heterocycles. The fourth-order valence-electron chi connectivity index (χ4n) is 4.31. The molecule has 1 atom stereocenters. The van der Waals surface area contributed by atoms with Crippen LogP contribution in [-0.4, -0.2) is 64.0 Å². The number of rotatable bonds is 5. The molecule has 168 valence electrons. The second kappa shape index (κ2) is 8.58. The molecule has 1 aliphatic rings. The third-order valence-corrected chi connectivity index (χ3v) is 6.00. The van der Waals surface area contributed by atoms with Crippen molar-refractivity contribution in [3.8, 4) is 0 Å². The second-order valence-electron chi connectivity index (χ2n) is 8.39. The van der Waals surface area contributed by atoms with Crippen LogP contribution < -0.4 is 16.0 Å². The summed E-state index contributed by atoms with van der Waals surface area (Å²) in [5, 5.41) is 7.16. The maximum Gasteiger partial charge on any atom is 0.276 e. The number of aromatic nitrogens is 3. The van der Waals surface area contributed by atoms with Gasteiger partial charge in [-0.15, -0.1) is 0 Å². The minimum absolute atomic E-state index is 0.241. The van der Waals surface area contributed by atoms with Gasteiger partial charge in [-0.25, -0.2) is 4.52 Å². The van der Waals surface area contributed by atoms with E-state index in [0.717, 1.165) is 48.6 Å². The van der Waals surface area contributed by atoms with Crippen LogP contribution in [0.2, 0.25) is 0 Å². The molecule has 1 fully saturated rings. The number of nitrogens with two attached hydrogens (primary N) is 1. The van der Waals surface area contributed by atoms with E-state index in [2.05, 4.69) is 39.2 Å². The van der Waals surface area contributed by atoms with Crippen LogP contribution in [0.1, 0.15) is 45.6 Å². The van der Waals surface area contributed by atoms with Gasteiger partial charge in [0.15, 0.2) is 5.69 Å². The largest absolute Gasteiger partial charge is 0.366 e. The summed E-state index contributed by atoms with van der Waals surface area (Å²) in [7, 11) is 2.12.